The maximum Gasteiger partial charge on any atom is 0.120 e. The standard InChI is InChI=1S/C9H11NO3/c11-9-2-1-6-4-13-5-8(6)7(9)3-10-12/h1-2,10-12H,3-5H2. The molecule has 0 bridgehead atoms. The predicted octanol–water partition coefficient (Wildman–Crippen LogP) is 0.901. The molecule has 0 radical (unpaired) electrons. The average Bonchev–Trinajstić information content (AvgIpc) is 2.58. The molecule has 2 rings (SSSR count). The van der Waals surface area contributed by atoms with E-state index in [1.807, 2.05) is 11.5 Å². The van der Waals surface area contributed by atoms with Gasteiger partial charge in [-0.1, -0.05) is 6.07 Å². The number of phenolic OH excluding ortho intramolecular Hbond substituents is 1. The molecule has 1 aromatic carbocycles. The number of ether oxygens (including phenoxy) is 1. The molecule has 0 atom stereocenters. The SMILES string of the molecule is ONCc1c(O)ccc2c1COC2. The summed E-state index contributed by atoms with van der Waals surface area (Å²) in [6.07, 6.45) is 0. The summed E-state index contributed by atoms with van der Waals surface area (Å²) in [5.41, 5.74) is 4.83. The van der Waals surface area contributed by atoms with E-state index in [4.69, 9.17) is 9.94 Å². The molecule has 0 spiro atoms. The highest BCUT2D eigenvalue weighted by Crippen LogP contribution is 2.29. The summed E-state index contributed by atoms with van der Waals surface area (Å²) in [6.45, 7) is 1.35. The lowest BCUT2D eigenvalue weighted by molar-refractivity contribution is 0.132. The van der Waals surface area contributed by atoms with Crippen molar-refractivity contribution in [3.8, 4) is 5.75 Å². The normalized spacial score (nSPS) is 14.5. The summed E-state index contributed by atoms with van der Waals surface area (Å²) in [5, 5.41) is 18.1. The van der Waals surface area contributed by atoms with Gasteiger partial charge >= 0.3 is 0 Å². The number of hydrogen-bond acceptors (Lipinski definition) is 4. The van der Waals surface area contributed by atoms with E-state index in [0.717, 1.165) is 16.7 Å². The highest BCUT2D eigenvalue weighted by molar-refractivity contribution is 5.45. The van der Waals surface area contributed by atoms with E-state index in [0.29, 0.717) is 13.2 Å². The Morgan fingerprint density at radius 3 is 3.00 bits per heavy atom. The van der Waals surface area contributed by atoms with Crippen molar-refractivity contribution in [3.05, 3.63) is 28.8 Å². The van der Waals surface area contributed by atoms with Crippen molar-refractivity contribution in [1.82, 2.24) is 5.48 Å². The van der Waals surface area contributed by atoms with Gasteiger partial charge in [-0.3, -0.25) is 0 Å². The molecule has 0 aromatic heterocycles. The second-order valence-electron chi connectivity index (χ2n) is 3.03. The summed E-state index contributed by atoms with van der Waals surface area (Å²) in [4.78, 5) is 0. The minimum atomic E-state index is 0.200. The highest BCUT2D eigenvalue weighted by atomic mass is 16.5. The van der Waals surface area contributed by atoms with Crippen molar-refractivity contribution in [2.45, 2.75) is 19.8 Å². The number of hydroxylamine groups is 1. The van der Waals surface area contributed by atoms with E-state index < -0.39 is 0 Å². The van der Waals surface area contributed by atoms with Crippen molar-refractivity contribution in [2.24, 2.45) is 0 Å². The lowest BCUT2D eigenvalue weighted by atomic mass is 10.0. The number of nitrogens with one attached hydrogen (secondary N) is 1. The second kappa shape index (κ2) is 3.33. The third-order valence-corrected chi connectivity index (χ3v) is 2.26. The molecule has 1 aliphatic heterocycles. The zero-order valence-electron chi connectivity index (χ0n) is 7.08. The topological polar surface area (TPSA) is 61.7 Å². The van der Waals surface area contributed by atoms with E-state index in [9.17, 15) is 5.11 Å². The summed E-state index contributed by atoms with van der Waals surface area (Å²) in [7, 11) is 0. The average molecular weight is 181 g/mol. The molecule has 1 aliphatic rings. The molecule has 13 heavy (non-hydrogen) atoms. The molecule has 3 N–H and O–H groups in total. The van der Waals surface area contributed by atoms with Gasteiger partial charge in [0.25, 0.3) is 0 Å². The molecule has 1 aromatic rings. The van der Waals surface area contributed by atoms with E-state index in [-0.39, 0.29) is 12.3 Å². The van der Waals surface area contributed by atoms with Crippen LogP contribution in [0.25, 0.3) is 0 Å². The zero-order chi connectivity index (χ0) is 9.26. The monoisotopic (exact) mass is 181 g/mol. The predicted molar refractivity (Wildman–Crippen MR) is 45.2 cm³/mol. The van der Waals surface area contributed by atoms with Crippen LogP contribution >= 0.6 is 0 Å². The van der Waals surface area contributed by atoms with Crippen molar-refractivity contribution < 1.29 is 15.1 Å². The van der Waals surface area contributed by atoms with Crippen molar-refractivity contribution in [3.63, 3.8) is 0 Å². The van der Waals surface area contributed by atoms with Gasteiger partial charge < -0.3 is 15.1 Å². The first-order valence-corrected chi connectivity index (χ1v) is 4.10. The second-order valence-corrected chi connectivity index (χ2v) is 3.03. The van der Waals surface area contributed by atoms with Crippen molar-refractivity contribution >= 4 is 0 Å². The molecular formula is C9H11NO3. The molecule has 0 unspecified atom stereocenters. The molecule has 70 valence electrons. The Bertz CT molecular complexity index is 325. The Morgan fingerprint density at radius 1 is 1.38 bits per heavy atom. The number of aromatic hydroxyl groups is 1. The maximum absolute atomic E-state index is 9.50. The van der Waals surface area contributed by atoms with Gasteiger partial charge in [-0.25, -0.2) is 5.48 Å². The first-order chi connectivity index (χ1) is 6.33. The smallest absolute Gasteiger partial charge is 0.120 e. The molecule has 4 heteroatoms. The van der Waals surface area contributed by atoms with Gasteiger partial charge in [0.05, 0.1) is 13.2 Å². The van der Waals surface area contributed by atoms with Crippen LogP contribution in [-0.2, 0) is 24.5 Å². The fraction of sp³-hybridized carbons (Fsp3) is 0.333. The number of fused-ring (bicyclic) bond motifs is 1. The Kier molecular flexibility index (Phi) is 2.18. The van der Waals surface area contributed by atoms with Crippen LogP contribution in [0.3, 0.4) is 0 Å². The number of benzene rings is 1. The molecule has 1 heterocycles. The number of phenols is 1. The van der Waals surface area contributed by atoms with Gasteiger partial charge in [-0.05, 0) is 17.2 Å². The van der Waals surface area contributed by atoms with E-state index in [2.05, 4.69) is 0 Å². The summed E-state index contributed by atoms with van der Waals surface area (Å²) >= 11 is 0. The van der Waals surface area contributed by atoms with Gasteiger partial charge in [0.2, 0.25) is 0 Å². The van der Waals surface area contributed by atoms with Crippen LogP contribution in [-0.4, -0.2) is 10.3 Å². The van der Waals surface area contributed by atoms with Crippen LogP contribution in [0, 0.1) is 0 Å². The third kappa shape index (κ3) is 1.39. The Labute approximate surface area is 75.7 Å². The third-order valence-electron chi connectivity index (χ3n) is 2.26. The lowest BCUT2D eigenvalue weighted by Gasteiger charge is -2.07. The van der Waals surface area contributed by atoms with Gasteiger partial charge in [-0.2, -0.15) is 0 Å². The molecule has 0 amide bonds. The fourth-order valence-corrected chi connectivity index (χ4v) is 1.58. The van der Waals surface area contributed by atoms with Crippen LogP contribution < -0.4 is 5.48 Å². The number of rotatable bonds is 2. The molecular weight excluding hydrogens is 170 g/mol. The minimum absolute atomic E-state index is 0.200. The largest absolute Gasteiger partial charge is 0.508 e. The Hall–Kier alpha value is -1.10. The van der Waals surface area contributed by atoms with E-state index in [1.54, 1.807) is 6.07 Å². The zero-order valence-corrected chi connectivity index (χ0v) is 7.08. The molecule has 4 nitrogen and oxygen atoms in total. The number of hydrogen-bond donors (Lipinski definition) is 3. The van der Waals surface area contributed by atoms with Gasteiger partial charge in [-0.15, -0.1) is 0 Å². The van der Waals surface area contributed by atoms with Crippen LogP contribution in [0.2, 0.25) is 0 Å². The van der Waals surface area contributed by atoms with E-state index in [1.165, 1.54) is 0 Å². The van der Waals surface area contributed by atoms with Crippen LogP contribution in [0.5, 0.6) is 5.75 Å². The van der Waals surface area contributed by atoms with Crippen LogP contribution in [0.1, 0.15) is 16.7 Å². The van der Waals surface area contributed by atoms with Crippen molar-refractivity contribution in [1.29, 1.82) is 0 Å². The highest BCUT2D eigenvalue weighted by Gasteiger charge is 2.17. The summed E-state index contributed by atoms with van der Waals surface area (Å²) < 4.78 is 5.24. The summed E-state index contributed by atoms with van der Waals surface area (Å²) in [6, 6.07) is 3.47. The van der Waals surface area contributed by atoms with Gasteiger partial charge in [0, 0.05) is 12.1 Å². The molecule has 0 aliphatic carbocycles. The quantitative estimate of drug-likeness (QED) is 0.593. The molecule has 0 saturated heterocycles. The Morgan fingerprint density at radius 2 is 2.23 bits per heavy atom. The Balaban J connectivity index is 2.45. The van der Waals surface area contributed by atoms with Crippen molar-refractivity contribution in [2.75, 3.05) is 0 Å². The summed E-state index contributed by atoms with van der Waals surface area (Å²) in [5.74, 6) is 0.200. The first kappa shape index (κ1) is 8.50. The first-order valence-electron chi connectivity index (χ1n) is 4.10. The van der Waals surface area contributed by atoms with Gasteiger partial charge in [0.15, 0.2) is 0 Å². The van der Waals surface area contributed by atoms with Gasteiger partial charge in [0.1, 0.15) is 5.75 Å². The van der Waals surface area contributed by atoms with E-state index >= 15 is 0 Å². The molecule has 0 saturated carbocycles. The minimum Gasteiger partial charge on any atom is -0.508 e. The lowest BCUT2D eigenvalue weighted by Crippen LogP contribution is -2.08. The van der Waals surface area contributed by atoms with Crippen LogP contribution in [0.4, 0.5) is 0 Å². The fourth-order valence-electron chi connectivity index (χ4n) is 1.58. The van der Waals surface area contributed by atoms with Crippen LogP contribution in [0.15, 0.2) is 12.1 Å². The maximum atomic E-state index is 9.50. The molecule has 0 fully saturated rings.